The minimum Gasteiger partial charge on any atom is -0.315 e. The summed E-state index contributed by atoms with van der Waals surface area (Å²) in [5.41, 5.74) is 0. The van der Waals surface area contributed by atoms with Gasteiger partial charge in [0.15, 0.2) is 0 Å². The Morgan fingerprint density at radius 2 is 2.44 bits per heavy atom. The molecule has 0 heterocycles. The van der Waals surface area contributed by atoms with Crippen molar-refractivity contribution in [3.05, 3.63) is 29.0 Å². The lowest BCUT2D eigenvalue weighted by molar-refractivity contribution is -0.554. The molecule has 0 saturated carbocycles. The second-order valence-electron chi connectivity index (χ2n) is 1.27. The smallest absolute Gasteiger partial charge is 0.141 e. The van der Waals surface area contributed by atoms with E-state index >= 15 is 0 Å². The van der Waals surface area contributed by atoms with Crippen LogP contribution in [-0.4, -0.2) is 10.7 Å². The highest BCUT2D eigenvalue weighted by Crippen LogP contribution is 1.92. The molecule has 50 valence electrons. The van der Waals surface area contributed by atoms with Gasteiger partial charge in [0.05, 0.1) is 7.05 Å². The topological polar surface area (TPSA) is 16.6 Å². The van der Waals surface area contributed by atoms with Crippen LogP contribution in [0.25, 0.3) is 0 Å². The van der Waals surface area contributed by atoms with Crippen molar-refractivity contribution < 1.29 is 5.32 Å². The third-order valence-electron chi connectivity index (χ3n) is 0.564. The number of allylic oxidation sites excluding steroid dienone is 2. The summed E-state index contributed by atoms with van der Waals surface area (Å²) in [5.74, 6) is 0. The maximum absolute atomic E-state index is 3.56. The number of hydrogen-bond acceptors (Lipinski definition) is 0. The molecule has 0 aromatic carbocycles. The molecule has 0 radical (unpaired) electrons. The van der Waals surface area contributed by atoms with Crippen LogP contribution in [0.15, 0.2) is 29.0 Å². The molecule has 2 heteroatoms. The molecule has 0 saturated heterocycles. The third kappa shape index (κ3) is 7.82. The zero-order chi connectivity index (χ0) is 6.95. The summed E-state index contributed by atoms with van der Waals surface area (Å²) >= 11 is 0.0234. The predicted molar refractivity (Wildman–Crippen MR) is 50.8 cm³/mol. The fraction of sp³-hybridized carbons (Fsp3) is 0.143. The average Bonchev–Trinajstić information content (AvgIpc) is 1.89. The number of quaternary nitrogens is 1. The number of nitrogens with two attached hydrogens (primary N) is 1. The molecule has 0 aromatic rings. The first-order valence-corrected chi connectivity index (χ1v) is 5.01. The van der Waals surface area contributed by atoms with Gasteiger partial charge in [-0.15, -0.1) is 0 Å². The van der Waals surface area contributed by atoms with Crippen molar-refractivity contribution in [1.29, 1.82) is 0 Å². The highest BCUT2D eigenvalue weighted by Gasteiger charge is 1.58. The van der Waals surface area contributed by atoms with Gasteiger partial charge in [-0.2, -0.15) is 0 Å². The van der Waals surface area contributed by atoms with E-state index in [1.807, 2.05) is 24.6 Å². The molecule has 0 aromatic heterocycles. The van der Waals surface area contributed by atoms with E-state index in [2.05, 4.69) is 14.3 Å². The lowest BCUT2D eigenvalue weighted by Gasteiger charge is -1.67. The largest absolute Gasteiger partial charge is 0.315 e. The molecule has 0 aliphatic heterocycles. The van der Waals surface area contributed by atoms with Crippen LogP contribution in [0.3, 0.4) is 0 Å². The minimum atomic E-state index is 0.0234. The molecule has 0 aliphatic rings. The van der Waals surface area contributed by atoms with Gasteiger partial charge in [0, 0.05) is 0 Å². The molecule has 2 N–H and O–H groups in total. The second kappa shape index (κ2) is 7.82. The summed E-state index contributed by atoms with van der Waals surface area (Å²) in [6.45, 7) is 3.56. The first-order chi connectivity index (χ1) is 4.41. The van der Waals surface area contributed by atoms with Gasteiger partial charge in [0.2, 0.25) is 0 Å². The summed E-state index contributed by atoms with van der Waals surface area (Å²) in [6.07, 6.45) is 5.71. The lowest BCUT2D eigenvalue weighted by Crippen LogP contribution is -2.72. The Bertz CT molecular complexity index is 152. The molecular formula is C7H11IN+. The van der Waals surface area contributed by atoms with Crippen molar-refractivity contribution in [2.75, 3.05) is 7.05 Å². The van der Waals surface area contributed by atoms with Crippen LogP contribution in [-0.2, 0) is 0 Å². The zero-order valence-corrected chi connectivity index (χ0v) is 7.63. The van der Waals surface area contributed by atoms with E-state index in [-0.39, 0.29) is 20.7 Å². The zero-order valence-electron chi connectivity index (χ0n) is 5.47. The van der Waals surface area contributed by atoms with E-state index in [1.54, 1.807) is 6.08 Å². The van der Waals surface area contributed by atoms with E-state index in [4.69, 9.17) is 0 Å². The van der Waals surface area contributed by atoms with Crippen LogP contribution in [0.4, 0.5) is 0 Å². The Hall–Kier alpha value is -0.180. The Morgan fingerprint density at radius 1 is 1.67 bits per heavy atom. The van der Waals surface area contributed by atoms with Gasteiger partial charge in [-0.05, 0) is 28.5 Å². The van der Waals surface area contributed by atoms with Gasteiger partial charge in [-0.1, -0.05) is 18.7 Å². The van der Waals surface area contributed by atoms with Gasteiger partial charge >= 0.3 is 0 Å². The molecule has 0 unspecified atom stereocenters. The predicted octanol–water partition coefficient (Wildman–Crippen LogP) is 0.765. The number of halogens is 1. The van der Waals surface area contributed by atoms with E-state index < -0.39 is 0 Å². The van der Waals surface area contributed by atoms with E-state index in [9.17, 15) is 0 Å². The van der Waals surface area contributed by atoms with Crippen LogP contribution in [0, 0.1) is 0 Å². The molecule has 9 heavy (non-hydrogen) atoms. The minimum absolute atomic E-state index is 0.0234. The van der Waals surface area contributed by atoms with Crippen LogP contribution in [0.5, 0.6) is 0 Å². The second-order valence-corrected chi connectivity index (χ2v) is 3.24. The summed E-state index contributed by atoms with van der Waals surface area (Å²) < 4.78 is 5.28. The molecule has 0 amide bonds. The quantitative estimate of drug-likeness (QED) is 0.550. The maximum atomic E-state index is 3.56. The van der Waals surface area contributed by atoms with Gasteiger partial charge in [0.1, 0.15) is 6.20 Å². The molecule has 0 spiro atoms. The van der Waals surface area contributed by atoms with Crippen molar-refractivity contribution >= 4 is 24.4 Å². The molecular weight excluding hydrogens is 225 g/mol. The van der Waals surface area contributed by atoms with Crippen molar-refractivity contribution in [2.45, 2.75) is 0 Å². The van der Waals surface area contributed by atoms with Gasteiger partial charge in [0.25, 0.3) is 0 Å². The van der Waals surface area contributed by atoms with E-state index in [0.717, 1.165) is 0 Å². The number of hydrogen-bond donors (Lipinski definition) is 1. The highest BCUT2D eigenvalue weighted by molar-refractivity contribution is 14.2. The summed E-state index contributed by atoms with van der Waals surface area (Å²) in [7, 11) is 1.99. The molecule has 0 fully saturated rings. The van der Waals surface area contributed by atoms with Gasteiger partial charge in [-0.25, -0.2) is 0 Å². The summed E-state index contributed by atoms with van der Waals surface area (Å²) in [4.78, 5) is 0. The molecule has 0 rings (SSSR count). The Kier molecular flexibility index (Phi) is 7.66. The molecule has 0 atom stereocenters. The number of rotatable bonds is 3. The van der Waals surface area contributed by atoms with Crippen molar-refractivity contribution in [3.63, 3.8) is 0 Å². The maximum Gasteiger partial charge on any atom is 0.141 e. The first kappa shape index (κ1) is 8.82. The fourth-order valence-electron chi connectivity index (χ4n) is 0.224. The molecule has 0 aliphatic carbocycles. The highest BCUT2D eigenvalue weighted by atomic mass is 127. The van der Waals surface area contributed by atoms with Crippen LogP contribution < -0.4 is 5.32 Å². The Morgan fingerprint density at radius 3 is 3.00 bits per heavy atom. The SMILES string of the molecule is C=CC=CI=C=C[NH2+]C. The monoisotopic (exact) mass is 236 g/mol. The van der Waals surface area contributed by atoms with E-state index in [1.165, 1.54) is 0 Å². The van der Waals surface area contributed by atoms with Crippen molar-refractivity contribution in [3.8, 4) is 0 Å². The van der Waals surface area contributed by atoms with Gasteiger partial charge in [-0.3, -0.25) is 0 Å². The van der Waals surface area contributed by atoms with E-state index in [0.29, 0.717) is 0 Å². The molecule has 0 bridgehead atoms. The van der Waals surface area contributed by atoms with Crippen molar-refractivity contribution in [2.24, 2.45) is 0 Å². The molecule has 1 nitrogen and oxygen atoms in total. The first-order valence-electron chi connectivity index (χ1n) is 2.68. The Labute approximate surface area is 65.9 Å². The summed E-state index contributed by atoms with van der Waals surface area (Å²) in [6, 6.07) is 0. The fourth-order valence-corrected chi connectivity index (χ4v) is 1.50. The Balaban J connectivity index is 3.58. The van der Waals surface area contributed by atoms with Crippen LogP contribution in [0.1, 0.15) is 0 Å². The summed E-state index contributed by atoms with van der Waals surface area (Å²) in [5, 5.41) is 1.99. The van der Waals surface area contributed by atoms with Crippen LogP contribution >= 0.6 is 20.7 Å². The average molecular weight is 236 g/mol. The third-order valence-corrected chi connectivity index (χ3v) is 2.06. The van der Waals surface area contributed by atoms with Gasteiger partial charge < -0.3 is 5.32 Å². The lowest BCUT2D eigenvalue weighted by atomic mass is 10.6. The normalized spacial score (nSPS) is 9.00. The standard InChI is InChI=1S/C7H10IN/c1-3-4-5-8-6-7-9-2/h3-5,7,9H,1H2,2H3/p+1. The van der Waals surface area contributed by atoms with Crippen LogP contribution in [0.2, 0.25) is 0 Å². The van der Waals surface area contributed by atoms with Crippen molar-refractivity contribution in [1.82, 2.24) is 0 Å².